The Hall–Kier alpha value is -2.46. The minimum absolute atomic E-state index is 0.0632. The fourth-order valence-electron chi connectivity index (χ4n) is 5.48. The smallest absolute Gasteiger partial charge is 0.325 e. The number of halogens is 2. The molecule has 5 aliphatic rings. The maximum absolute atomic E-state index is 16.0. The molecule has 7 heterocycles. The van der Waals surface area contributed by atoms with Gasteiger partial charge in [-0.15, -0.1) is 0 Å². The van der Waals surface area contributed by atoms with E-state index in [1.54, 1.807) is 6.07 Å². The molecule has 3 fully saturated rings. The van der Waals surface area contributed by atoms with Gasteiger partial charge in [0, 0.05) is 6.20 Å². The Morgan fingerprint density at radius 1 is 1.04 bits per heavy atom. The van der Waals surface area contributed by atoms with Crippen molar-refractivity contribution >= 4 is 77.9 Å². The molecule has 2 aromatic rings. The zero-order valence-electron chi connectivity index (χ0n) is 22.4. The zero-order chi connectivity index (χ0) is 31.8. The van der Waals surface area contributed by atoms with Crippen molar-refractivity contribution in [3.8, 4) is 0 Å². The third-order valence-electron chi connectivity index (χ3n) is 7.50. The first-order valence-corrected chi connectivity index (χ1v) is 18.3. The lowest BCUT2D eigenvalue weighted by Gasteiger charge is -2.32. The maximum atomic E-state index is 16.0. The van der Waals surface area contributed by atoms with Crippen molar-refractivity contribution in [1.82, 2.24) is 24.8 Å². The van der Waals surface area contributed by atoms with Gasteiger partial charge < -0.3 is 38.6 Å². The summed E-state index contributed by atoms with van der Waals surface area (Å²) in [5.41, 5.74) is 6.15. The molecule has 3 unspecified atom stereocenters. The lowest BCUT2D eigenvalue weighted by Crippen LogP contribution is -2.53. The molecule has 11 atom stereocenters. The Labute approximate surface area is 261 Å². The Morgan fingerprint density at radius 3 is 2.49 bits per heavy atom. The van der Waals surface area contributed by atoms with Crippen LogP contribution in [0.4, 0.5) is 14.6 Å². The zero-order valence-corrected chi connectivity index (χ0v) is 25.8. The van der Waals surface area contributed by atoms with Crippen LogP contribution in [-0.4, -0.2) is 116 Å². The quantitative estimate of drug-likeness (QED) is 0.253. The fraction of sp³-hybridized carbons (Fsp3) is 0.524. The van der Waals surface area contributed by atoms with E-state index in [1.807, 2.05) is 0 Å². The van der Waals surface area contributed by atoms with Gasteiger partial charge in [0.15, 0.2) is 36.7 Å². The molecular weight excluding hydrogens is 686 g/mol. The van der Waals surface area contributed by atoms with Crippen LogP contribution in [0.5, 0.6) is 0 Å². The van der Waals surface area contributed by atoms with E-state index in [0.29, 0.717) is 5.39 Å². The van der Waals surface area contributed by atoms with Gasteiger partial charge in [0.1, 0.15) is 42.2 Å². The standard InChI is InChI=1S/C21H23F2N9O9P2S2/c22-10-8-3-36-42(34,44)40-13-9(39-19(11(13)23)31-2-1-7-15(24)26-5-27-16(7)31)4-37-43(35,45)41-14(10)20(38-8)32-6-28-12-17(32)29-21(25)30-18(12)33/h1-2,5-6,8-14,19-20H,3-4H2,(H,34,44)(H,35,45)(H2,24,26,27)(H2,25,30,33)/t8-,9-,10-,11+,12?,13-,14-,19-,20-,42?,43?/m1/s1. The number of anilines is 1. The molecule has 1 amide bonds. The van der Waals surface area contributed by atoms with Crippen LogP contribution in [0.25, 0.3) is 11.0 Å². The summed E-state index contributed by atoms with van der Waals surface area (Å²) >= 11 is 10.3. The molecule has 6 N–H and O–H groups in total. The molecule has 0 spiro atoms. The third kappa shape index (κ3) is 5.62. The number of fused-ring (bicyclic) bond motifs is 5. The van der Waals surface area contributed by atoms with Gasteiger partial charge in [-0.05, 0) is 29.7 Å². The topological polar surface area (TPSA) is 233 Å². The Morgan fingerprint density at radius 2 is 1.73 bits per heavy atom. The molecule has 18 nitrogen and oxygen atoms in total. The van der Waals surface area contributed by atoms with E-state index in [2.05, 4.69) is 25.3 Å². The van der Waals surface area contributed by atoms with Gasteiger partial charge in [-0.2, -0.15) is 4.99 Å². The molecule has 242 valence electrons. The van der Waals surface area contributed by atoms with Crippen LogP contribution in [0, 0.1) is 5.41 Å². The summed E-state index contributed by atoms with van der Waals surface area (Å²) in [7, 11) is 0. The molecule has 2 bridgehead atoms. The number of amides is 1. The number of hydrogen-bond acceptors (Lipinski definition) is 15. The van der Waals surface area contributed by atoms with Crippen molar-refractivity contribution in [3.63, 3.8) is 0 Å². The van der Waals surface area contributed by atoms with Crippen LogP contribution in [-0.2, 0) is 56.0 Å². The SMILES string of the molecule is N=C1N=C2C(N=CN2[C@@H]2O[C@@H]3COP(O)(=S)O[C@H]4[C@H](F)[C@H](n5ccc6c(N)ncnc65)O[C@@H]4COP(O)(=S)O[C@@H]2[C@@H]3F)C(=O)N1. The summed E-state index contributed by atoms with van der Waals surface area (Å²) in [6, 6.07) is 0.417. The van der Waals surface area contributed by atoms with Crippen LogP contribution in [0.1, 0.15) is 6.23 Å². The molecular formula is C21H23F2N9O9P2S2. The average Bonchev–Trinajstić information content (AvgIpc) is 3.72. The number of aromatic nitrogens is 3. The van der Waals surface area contributed by atoms with E-state index in [1.165, 1.54) is 17.1 Å². The number of aliphatic imine (C=N–C) groups is 2. The van der Waals surface area contributed by atoms with E-state index in [0.717, 1.165) is 11.2 Å². The van der Waals surface area contributed by atoms with E-state index < -0.39 is 93.8 Å². The highest BCUT2D eigenvalue weighted by Crippen LogP contribution is 2.54. The normalized spacial score (nSPS) is 42.0. The van der Waals surface area contributed by atoms with E-state index >= 15 is 8.78 Å². The second kappa shape index (κ2) is 11.4. The van der Waals surface area contributed by atoms with Crippen molar-refractivity contribution in [2.75, 3.05) is 18.9 Å². The summed E-state index contributed by atoms with van der Waals surface area (Å²) in [4.78, 5) is 51.4. The Bertz CT molecular complexity index is 1740. The predicted molar refractivity (Wildman–Crippen MR) is 156 cm³/mol. The van der Waals surface area contributed by atoms with Crippen molar-refractivity contribution in [2.24, 2.45) is 9.98 Å². The molecule has 2 aromatic heterocycles. The first-order chi connectivity index (χ1) is 21.3. The first-order valence-electron chi connectivity index (χ1n) is 13.1. The largest absolute Gasteiger partial charge is 0.383 e. The number of rotatable bonds is 2. The average molecular weight is 710 g/mol. The molecule has 5 aliphatic heterocycles. The van der Waals surface area contributed by atoms with Crippen LogP contribution in [0.15, 0.2) is 28.6 Å². The number of nitrogen functional groups attached to an aromatic ring is 1. The van der Waals surface area contributed by atoms with Gasteiger partial charge in [-0.3, -0.25) is 34.5 Å². The predicted octanol–water partition coefficient (Wildman–Crippen LogP) is -0.262. The number of nitrogens with one attached hydrogen (secondary N) is 2. The van der Waals surface area contributed by atoms with Crippen LogP contribution < -0.4 is 11.1 Å². The number of hydrogen-bond donors (Lipinski definition) is 5. The van der Waals surface area contributed by atoms with Crippen LogP contribution in [0.3, 0.4) is 0 Å². The molecule has 0 aliphatic carbocycles. The van der Waals surface area contributed by atoms with Gasteiger partial charge in [0.25, 0.3) is 5.91 Å². The van der Waals surface area contributed by atoms with E-state index in [-0.39, 0.29) is 17.3 Å². The summed E-state index contributed by atoms with van der Waals surface area (Å²) in [5, 5.41) is 10.4. The highest BCUT2D eigenvalue weighted by Gasteiger charge is 2.55. The number of ether oxygens (including phenoxy) is 2. The van der Waals surface area contributed by atoms with E-state index in [4.69, 9.17) is 62.3 Å². The number of guanidine groups is 1. The van der Waals surface area contributed by atoms with Gasteiger partial charge in [0.2, 0.25) is 5.96 Å². The Kier molecular flexibility index (Phi) is 7.86. The Balaban J connectivity index is 1.17. The number of nitrogens with two attached hydrogens (primary N) is 1. The summed E-state index contributed by atoms with van der Waals surface area (Å²) in [5.74, 6) is -1.04. The lowest BCUT2D eigenvalue weighted by atomic mass is 10.1. The molecule has 0 radical (unpaired) electrons. The minimum Gasteiger partial charge on any atom is -0.383 e. The highest BCUT2D eigenvalue weighted by molar-refractivity contribution is 8.07. The molecule has 3 saturated heterocycles. The molecule has 7 rings (SSSR count). The van der Waals surface area contributed by atoms with Gasteiger partial charge in [0.05, 0.1) is 24.9 Å². The van der Waals surface area contributed by atoms with Crippen molar-refractivity contribution < 1.29 is 50.9 Å². The highest BCUT2D eigenvalue weighted by atomic mass is 32.5. The van der Waals surface area contributed by atoms with Crippen molar-refractivity contribution in [2.45, 2.75) is 55.3 Å². The second-order valence-corrected chi connectivity index (χ2v) is 15.9. The van der Waals surface area contributed by atoms with Crippen LogP contribution >= 0.6 is 13.4 Å². The number of nitrogens with zero attached hydrogens (tertiary/aromatic N) is 6. The molecule has 0 aromatic carbocycles. The summed E-state index contributed by atoms with van der Waals surface area (Å²) < 4.78 is 66.9. The summed E-state index contributed by atoms with van der Waals surface area (Å²) in [6.45, 7) is -9.99. The summed E-state index contributed by atoms with van der Waals surface area (Å²) in [6.07, 6.45) is -9.20. The lowest BCUT2D eigenvalue weighted by molar-refractivity contribution is -0.119. The van der Waals surface area contributed by atoms with Gasteiger partial charge in [-0.25, -0.2) is 18.7 Å². The number of carbonyl (C=O) groups excluding carboxylic acids is 1. The second-order valence-electron chi connectivity index (χ2n) is 10.3. The minimum atomic E-state index is -4.34. The first kappa shape index (κ1) is 31.2. The maximum Gasteiger partial charge on any atom is 0.325 e. The van der Waals surface area contributed by atoms with Crippen molar-refractivity contribution in [3.05, 3.63) is 18.6 Å². The van der Waals surface area contributed by atoms with Gasteiger partial charge in [-0.1, -0.05) is 0 Å². The number of carbonyl (C=O) groups is 1. The molecule has 0 saturated carbocycles. The number of alkyl halides is 2. The molecule has 45 heavy (non-hydrogen) atoms. The molecule has 24 heteroatoms. The van der Waals surface area contributed by atoms with Crippen LogP contribution in [0.2, 0.25) is 0 Å². The van der Waals surface area contributed by atoms with Gasteiger partial charge >= 0.3 is 13.4 Å². The number of amidine groups is 1. The van der Waals surface area contributed by atoms with E-state index in [9.17, 15) is 14.6 Å². The fourth-order valence-corrected chi connectivity index (χ4v) is 8.32. The van der Waals surface area contributed by atoms with Crippen molar-refractivity contribution in [1.29, 1.82) is 5.41 Å². The monoisotopic (exact) mass is 709 g/mol. The third-order valence-corrected chi connectivity index (χ3v) is 10.6.